The molecule has 2 aromatic carbocycles. The molecule has 4 rings (SSSR count). The van der Waals surface area contributed by atoms with Gasteiger partial charge in [0.1, 0.15) is 24.6 Å². The molecule has 1 fully saturated rings. The highest BCUT2D eigenvalue weighted by molar-refractivity contribution is 7.71. The molecule has 1 N–H and O–H groups in total. The summed E-state index contributed by atoms with van der Waals surface area (Å²) in [4.78, 5) is 24.6. The number of carbonyl (C=O) groups excluding carboxylic acids is 1. The van der Waals surface area contributed by atoms with Crippen molar-refractivity contribution in [2.45, 2.75) is 26.3 Å². The minimum atomic E-state index is -2.92. The van der Waals surface area contributed by atoms with E-state index in [4.69, 9.17) is 0 Å². The van der Waals surface area contributed by atoms with Crippen molar-refractivity contribution in [2.75, 3.05) is 51.4 Å². The molecule has 1 atom stereocenters. The molecule has 0 spiro atoms. The molecule has 1 saturated heterocycles. The lowest BCUT2D eigenvalue weighted by molar-refractivity contribution is -0.129. The zero-order valence-corrected chi connectivity index (χ0v) is 22.2. The van der Waals surface area contributed by atoms with E-state index in [1.165, 1.54) is 12.1 Å². The van der Waals surface area contributed by atoms with Crippen molar-refractivity contribution in [3.63, 3.8) is 0 Å². The third-order valence-corrected chi connectivity index (χ3v) is 9.85. The lowest BCUT2D eigenvalue weighted by Gasteiger charge is -2.32. The second-order valence-electron chi connectivity index (χ2n) is 9.64. The van der Waals surface area contributed by atoms with E-state index < -0.39 is 31.0 Å². The smallest absolute Gasteiger partial charge is 0.266 e. The van der Waals surface area contributed by atoms with Crippen molar-refractivity contribution in [3.05, 3.63) is 59.2 Å². The van der Waals surface area contributed by atoms with Crippen molar-refractivity contribution in [3.8, 4) is 0 Å². The van der Waals surface area contributed by atoms with Crippen LogP contribution in [0.15, 0.2) is 36.4 Å². The van der Waals surface area contributed by atoms with Gasteiger partial charge in [-0.2, -0.15) is 0 Å². The van der Waals surface area contributed by atoms with Gasteiger partial charge >= 0.3 is 0 Å². The van der Waals surface area contributed by atoms with Gasteiger partial charge in [-0.1, -0.05) is 18.2 Å². The standard InChI is InChI=1S/C26H31F3N5O2P/c1-16(19-6-5-7-20(24(19)27)25(28)29)30-26-21-14-18(8-9-22(21)31-17(2)32-26)37(36)12-10-34(11-13-37)15-23(35)33(3)4/h5-9,14,16,25H,10-13,15H2,1-4H3,(H,30,31,32)/t16-/m1/s1. The second-order valence-corrected chi connectivity index (χ2v) is 12.8. The van der Waals surface area contributed by atoms with E-state index in [1.54, 1.807) is 38.9 Å². The molecule has 0 radical (unpaired) electrons. The van der Waals surface area contributed by atoms with Crippen LogP contribution in [0.5, 0.6) is 0 Å². The van der Waals surface area contributed by atoms with Gasteiger partial charge in [-0.25, -0.2) is 23.1 Å². The molecule has 7 nitrogen and oxygen atoms in total. The molecule has 1 aliphatic rings. The number of benzene rings is 2. The molecule has 1 aromatic heterocycles. The van der Waals surface area contributed by atoms with Crippen molar-refractivity contribution in [1.82, 2.24) is 19.8 Å². The maximum absolute atomic E-state index is 14.8. The molecule has 0 bridgehead atoms. The number of hydrogen-bond donors (Lipinski definition) is 1. The first kappa shape index (κ1) is 27.1. The van der Waals surface area contributed by atoms with Crippen LogP contribution in [0.3, 0.4) is 0 Å². The van der Waals surface area contributed by atoms with Gasteiger partial charge in [0, 0.05) is 55.8 Å². The normalized spacial score (nSPS) is 16.6. The molecule has 0 aliphatic carbocycles. The molecule has 3 aromatic rings. The Labute approximate surface area is 214 Å². The summed E-state index contributed by atoms with van der Waals surface area (Å²) in [6.07, 6.45) is -2.01. The molecule has 1 aliphatic heterocycles. The number of likely N-dealkylation sites (N-methyl/N-ethyl adjacent to an activating group) is 1. The third-order valence-electron chi connectivity index (χ3n) is 6.79. The molecule has 2 heterocycles. The highest BCUT2D eigenvalue weighted by Crippen LogP contribution is 2.47. The number of rotatable bonds is 7. The summed E-state index contributed by atoms with van der Waals surface area (Å²) in [5.74, 6) is -0.0321. The van der Waals surface area contributed by atoms with E-state index in [0.717, 1.165) is 6.07 Å². The lowest BCUT2D eigenvalue weighted by Crippen LogP contribution is -2.43. The van der Waals surface area contributed by atoms with Gasteiger partial charge < -0.3 is 14.8 Å². The topological polar surface area (TPSA) is 78.4 Å². The predicted molar refractivity (Wildman–Crippen MR) is 140 cm³/mol. The number of hydrogen-bond acceptors (Lipinski definition) is 6. The number of amides is 1. The average molecular weight is 534 g/mol. The van der Waals surface area contributed by atoms with E-state index >= 15 is 0 Å². The molecule has 0 unspecified atom stereocenters. The van der Waals surface area contributed by atoms with Crippen LogP contribution in [0.2, 0.25) is 0 Å². The number of alkyl halides is 2. The Kier molecular flexibility index (Phi) is 7.90. The number of carbonyl (C=O) groups is 1. The maximum Gasteiger partial charge on any atom is 0.266 e. The Balaban J connectivity index is 1.61. The number of aromatic nitrogens is 2. The molecule has 1 amide bonds. The molecular weight excluding hydrogens is 502 g/mol. The van der Waals surface area contributed by atoms with Crippen LogP contribution in [0.4, 0.5) is 19.0 Å². The molecule has 37 heavy (non-hydrogen) atoms. The fourth-order valence-electron chi connectivity index (χ4n) is 4.53. The molecule has 0 saturated carbocycles. The summed E-state index contributed by atoms with van der Waals surface area (Å²) in [5.41, 5.74) is 0.0919. The minimum Gasteiger partial charge on any atom is -0.363 e. The summed E-state index contributed by atoms with van der Waals surface area (Å²) in [7, 11) is 0.712. The number of nitrogens with one attached hydrogen (secondary N) is 1. The van der Waals surface area contributed by atoms with Crippen LogP contribution in [-0.4, -0.2) is 71.7 Å². The SMILES string of the molecule is Cc1nc(N[C@H](C)c2cccc(C(F)F)c2F)c2cc(P3(=O)CCN(CC(=O)N(C)C)CC3)ccc2n1. The summed E-state index contributed by atoms with van der Waals surface area (Å²) in [6.45, 7) is 4.82. The molecule has 11 heteroatoms. The summed E-state index contributed by atoms with van der Waals surface area (Å²) in [6, 6.07) is 8.73. The Hall–Kier alpha value is -2.97. The van der Waals surface area contributed by atoms with E-state index in [1.807, 2.05) is 17.0 Å². The Morgan fingerprint density at radius 1 is 1.14 bits per heavy atom. The first-order valence-corrected chi connectivity index (χ1v) is 14.2. The van der Waals surface area contributed by atoms with Gasteiger partial charge in [0.25, 0.3) is 6.43 Å². The van der Waals surface area contributed by atoms with Gasteiger partial charge in [-0.3, -0.25) is 9.69 Å². The summed E-state index contributed by atoms with van der Waals surface area (Å²) < 4.78 is 55.1. The number of fused-ring (bicyclic) bond motifs is 1. The van der Waals surface area contributed by atoms with Crippen LogP contribution in [0, 0.1) is 12.7 Å². The highest BCUT2D eigenvalue weighted by Gasteiger charge is 2.32. The zero-order chi connectivity index (χ0) is 26.9. The average Bonchev–Trinajstić information content (AvgIpc) is 2.85. The van der Waals surface area contributed by atoms with Crippen molar-refractivity contribution < 1.29 is 22.5 Å². The third kappa shape index (κ3) is 5.80. The van der Waals surface area contributed by atoms with Crippen molar-refractivity contribution in [1.29, 1.82) is 0 Å². The van der Waals surface area contributed by atoms with E-state index in [0.29, 0.717) is 59.8 Å². The number of halogens is 3. The van der Waals surface area contributed by atoms with Gasteiger partial charge in [0.15, 0.2) is 0 Å². The lowest BCUT2D eigenvalue weighted by atomic mass is 10.0. The Bertz CT molecular complexity index is 1360. The molecule has 198 valence electrons. The minimum absolute atomic E-state index is 0.00955. The fraction of sp³-hybridized carbons (Fsp3) is 0.423. The van der Waals surface area contributed by atoms with Crippen molar-refractivity contribution in [2.24, 2.45) is 0 Å². The van der Waals surface area contributed by atoms with Gasteiger partial charge in [-0.05, 0) is 32.0 Å². The number of anilines is 1. The van der Waals surface area contributed by atoms with Crippen molar-refractivity contribution >= 4 is 35.1 Å². The second kappa shape index (κ2) is 10.8. The van der Waals surface area contributed by atoms with Gasteiger partial charge in [-0.15, -0.1) is 0 Å². The zero-order valence-electron chi connectivity index (χ0n) is 21.3. The van der Waals surface area contributed by atoms with E-state index in [9.17, 15) is 22.5 Å². The van der Waals surface area contributed by atoms with Gasteiger partial charge in [0.2, 0.25) is 5.91 Å². The first-order valence-electron chi connectivity index (χ1n) is 12.1. The summed E-state index contributed by atoms with van der Waals surface area (Å²) >= 11 is 0. The van der Waals surface area contributed by atoms with Crippen LogP contribution < -0.4 is 10.6 Å². The Morgan fingerprint density at radius 3 is 2.46 bits per heavy atom. The largest absolute Gasteiger partial charge is 0.363 e. The Morgan fingerprint density at radius 2 is 1.81 bits per heavy atom. The van der Waals surface area contributed by atoms with Crippen LogP contribution >= 0.6 is 7.14 Å². The monoisotopic (exact) mass is 533 g/mol. The predicted octanol–water partition coefficient (Wildman–Crippen LogP) is 4.58. The maximum atomic E-state index is 14.8. The van der Waals surface area contributed by atoms with E-state index in [2.05, 4.69) is 15.3 Å². The van der Waals surface area contributed by atoms with Crippen LogP contribution in [0.1, 0.15) is 36.3 Å². The van der Waals surface area contributed by atoms with Crippen LogP contribution in [-0.2, 0) is 9.36 Å². The number of nitrogens with zero attached hydrogens (tertiary/aromatic N) is 4. The van der Waals surface area contributed by atoms with E-state index in [-0.39, 0.29) is 11.5 Å². The number of aryl methyl sites for hydroxylation is 1. The first-order chi connectivity index (χ1) is 17.5. The molecular formula is C26H31F3N5O2P. The quantitative estimate of drug-likeness (QED) is 0.448. The highest BCUT2D eigenvalue weighted by atomic mass is 31.2. The van der Waals surface area contributed by atoms with Gasteiger partial charge in [0.05, 0.1) is 23.7 Å². The summed E-state index contributed by atoms with van der Waals surface area (Å²) in [5, 5.41) is 4.48. The van der Waals surface area contributed by atoms with Crippen LogP contribution in [0.25, 0.3) is 10.9 Å². The fourth-order valence-corrected chi connectivity index (χ4v) is 7.19.